The second kappa shape index (κ2) is 7.24. The molecule has 18 heteroatoms. The van der Waals surface area contributed by atoms with Gasteiger partial charge in [0.25, 0.3) is 0 Å². The molecule has 0 saturated carbocycles. The summed E-state index contributed by atoms with van der Waals surface area (Å²) in [6.45, 7) is 0. The molecule has 0 aliphatic carbocycles. The summed E-state index contributed by atoms with van der Waals surface area (Å²) in [5.41, 5.74) is 0. The first-order valence-electron chi connectivity index (χ1n) is 6.16. The van der Waals surface area contributed by atoms with Gasteiger partial charge in [-0.3, -0.25) is 0 Å². The zero-order chi connectivity index (χ0) is 23.3. The van der Waals surface area contributed by atoms with Gasteiger partial charge in [0.1, 0.15) is 0 Å². The van der Waals surface area contributed by atoms with Gasteiger partial charge in [-0.2, -0.15) is 52.7 Å². The molecule has 2 N–H and O–H groups in total. The van der Waals surface area contributed by atoms with Gasteiger partial charge in [0.2, 0.25) is 12.5 Å². The number of rotatable bonds is 9. The van der Waals surface area contributed by atoms with Crippen LogP contribution in [0.5, 0.6) is 0 Å². The summed E-state index contributed by atoms with van der Waals surface area (Å²) in [5.74, 6) is -40.1. The summed E-state index contributed by atoms with van der Waals surface area (Å²) in [6.07, 6.45) is -26.5. The Morgan fingerprint density at radius 1 is 0.500 bits per heavy atom. The third-order valence-corrected chi connectivity index (χ3v) is 3.17. The fraction of sp³-hybridized carbons (Fsp3) is 1.00. The zero-order valence-corrected chi connectivity index (χ0v) is 12.3. The lowest BCUT2D eigenvalue weighted by Crippen LogP contribution is -2.72. The van der Waals surface area contributed by atoms with E-state index < -0.39 is 60.6 Å². The van der Waals surface area contributed by atoms with Crippen LogP contribution in [0.15, 0.2) is 0 Å². The topological polar surface area (TPSA) is 40.5 Å². The Balaban J connectivity index is 6.32. The normalized spacial score (nSPS) is 19.9. The van der Waals surface area contributed by atoms with E-state index in [0.717, 1.165) is 0 Å². The molecule has 0 rings (SSSR count). The lowest BCUT2D eigenvalue weighted by molar-refractivity contribution is -0.454. The largest absolute Gasteiger partial charge is 0.423 e. The first-order valence-corrected chi connectivity index (χ1v) is 6.16. The lowest BCUT2D eigenvalue weighted by atomic mass is 9.90. The van der Waals surface area contributed by atoms with Crippen molar-refractivity contribution in [1.29, 1.82) is 0 Å². The Kier molecular flexibility index (Phi) is 6.93. The highest BCUT2D eigenvalue weighted by atomic mass is 19.4. The van der Waals surface area contributed by atoms with Gasteiger partial charge in [-0.1, -0.05) is 0 Å². The van der Waals surface area contributed by atoms with E-state index in [1.54, 1.807) is 0 Å². The molecule has 0 aromatic rings. The van der Waals surface area contributed by atoms with Crippen molar-refractivity contribution in [1.82, 2.24) is 0 Å². The predicted molar refractivity (Wildman–Crippen MR) is 53.7 cm³/mol. The van der Waals surface area contributed by atoms with Crippen LogP contribution in [0.2, 0.25) is 0 Å². The maximum Gasteiger partial charge on any atom is 0.423 e. The second-order valence-corrected chi connectivity index (χ2v) is 5.13. The standard InChI is InChI=1S/C10H6F16O2/c11-1(2(12)4(14)27)3(13)5(15,16)6(17,18)7(19,20)8(21,22)9(23,24)10(25,26)28/h1-4,27-28H. The van der Waals surface area contributed by atoms with Crippen LogP contribution in [-0.4, -0.2) is 70.8 Å². The maximum absolute atomic E-state index is 13.1. The van der Waals surface area contributed by atoms with Crippen molar-refractivity contribution in [2.45, 2.75) is 60.6 Å². The fourth-order valence-corrected chi connectivity index (χ4v) is 1.48. The van der Waals surface area contributed by atoms with Crippen LogP contribution >= 0.6 is 0 Å². The van der Waals surface area contributed by atoms with Crippen molar-refractivity contribution in [2.24, 2.45) is 0 Å². The molecule has 0 spiro atoms. The third kappa shape index (κ3) is 3.68. The number of aliphatic hydroxyl groups is 2. The van der Waals surface area contributed by atoms with Crippen LogP contribution in [0, 0.1) is 0 Å². The Labute approximate surface area is 142 Å². The highest BCUT2D eigenvalue weighted by molar-refractivity contribution is 5.12. The molecule has 0 fully saturated rings. The predicted octanol–water partition coefficient (Wildman–Crippen LogP) is 4.05. The number of halogens is 16. The summed E-state index contributed by atoms with van der Waals surface area (Å²) in [7, 11) is 0. The molecule has 0 aromatic heterocycles. The molecular weight excluding hydrogens is 456 g/mol. The Morgan fingerprint density at radius 2 is 0.821 bits per heavy atom. The molecule has 28 heavy (non-hydrogen) atoms. The van der Waals surface area contributed by atoms with Crippen molar-refractivity contribution < 1.29 is 80.5 Å². The number of aliphatic hydroxyl groups excluding tert-OH is 1. The second-order valence-electron chi connectivity index (χ2n) is 5.13. The van der Waals surface area contributed by atoms with Crippen molar-refractivity contribution in [2.75, 3.05) is 0 Å². The van der Waals surface area contributed by atoms with Crippen molar-refractivity contribution in [3.63, 3.8) is 0 Å². The van der Waals surface area contributed by atoms with Crippen molar-refractivity contribution >= 4 is 0 Å². The first kappa shape index (κ1) is 26.8. The lowest BCUT2D eigenvalue weighted by Gasteiger charge is -2.41. The van der Waals surface area contributed by atoms with E-state index >= 15 is 0 Å². The van der Waals surface area contributed by atoms with Crippen LogP contribution in [0.1, 0.15) is 0 Å². The minimum absolute atomic E-state index is 4.21. The van der Waals surface area contributed by atoms with E-state index in [1.165, 1.54) is 0 Å². The molecule has 0 bridgehead atoms. The minimum atomic E-state index is -8.33. The molecule has 0 aliphatic heterocycles. The van der Waals surface area contributed by atoms with Crippen molar-refractivity contribution in [3.8, 4) is 0 Å². The van der Waals surface area contributed by atoms with Gasteiger partial charge < -0.3 is 10.2 Å². The average Bonchev–Trinajstić information content (AvgIpc) is 2.50. The molecular formula is C10H6F16O2. The highest BCUT2D eigenvalue weighted by Crippen LogP contribution is 2.60. The number of hydrogen-bond donors (Lipinski definition) is 2. The first-order chi connectivity index (χ1) is 11.9. The van der Waals surface area contributed by atoms with Gasteiger partial charge >= 0.3 is 35.7 Å². The third-order valence-electron chi connectivity index (χ3n) is 3.17. The van der Waals surface area contributed by atoms with Gasteiger partial charge in [-0.15, -0.1) is 0 Å². The van der Waals surface area contributed by atoms with Crippen LogP contribution < -0.4 is 0 Å². The van der Waals surface area contributed by atoms with Crippen LogP contribution in [-0.2, 0) is 0 Å². The van der Waals surface area contributed by atoms with Gasteiger partial charge in [-0.25, -0.2) is 17.6 Å². The average molecular weight is 462 g/mol. The summed E-state index contributed by atoms with van der Waals surface area (Å²) < 4.78 is 204. The van der Waals surface area contributed by atoms with Crippen LogP contribution in [0.4, 0.5) is 70.2 Å². The van der Waals surface area contributed by atoms with Gasteiger partial charge in [0.15, 0.2) is 12.3 Å². The van der Waals surface area contributed by atoms with E-state index in [4.69, 9.17) is 10.2 Å². The Morgan fingerprint density at radius 3 is 1.11 bits per heavy atom. The smallest absolute Gasteiger partial charge is 0.362 e. The molecule has 170 valence electrons. The molecule has 0 amide bonds. The number of alkyl halides is 16. The molecule has 4 unspecified atom stereocenters. The van der Waals surface area contributed by atoms with E-state index in [2.05, 4.69) is 0 Å². The summed E-state index contributed by atoms with van der Waals surface area (Å²) in [6, 6.07) is 0. The summed E-state index contributed by atoms with van der Waals surface area (Å²) in [4.78, 5) is 0. The minimum Gasteiger partial charge on any atom is -0.362 e. The Hall–Kier alpha value is -1.20. The molecule has 0 aromatic carbocycles. The molecule has 0 radical (unpaired) electrons. The Bertz CT molecular complexity index is 540. The molecule has 4 atom stereocenters. The van der Waals surface area contributed by atoms with E-state index in [9.17, 15) is 70.2 Å². The van der Waals surface area contributed by atoms with E-state index in [-0.39, 0.29) is 0 Å². The van der Waals surface area contributed by atoms with Gasteiger partial charge in [0, 0.05) is 0 Å². The monoisotopic (exact) mass is 462 g/mol. The highest BCUT2D eigenvalue weighted by Gasteiger charge is 2.91. The summed E-state index contributed by atoms with van der Waals surface area (Å²) >= 11 is 0. The molecule has 0 saturated heterocycles. The molecule has 0 heterocycles. The summed E-state index contributed by atoms with van der Waals surface area (Å²) in [5, 5.41) is 15.3. The SMILES string of the molecule is OC(F)C(F)C(F)C(F)C(F)(F)C(F)(F)C(F)(F)C(F)(F)C(F)(F)C(O)(F)F. The molecule has 2 nitrogen and oxygen atoms in total. The fourth-order valence-electron chi connectivity index (χ4n) is 1.48. The quantitative estimate of drug-likeness (QED) is 0.508. The van der Waals surface area contributed by atoms with E-state index in [1.807, 2.05) is 0 Å². The van der Waals surface area contributed by atoms with Crippen molar-refractivity contribution in [3.05, 3.63) is 0 Å². The number of hydrogen-bond acceptors (Lipinski definition) is 2. The van der Waals surface area contributed by atoms with Crippen LogP contribution in [0.25, 0.3) is 0 Å². The maximum atomic E-state index is 13.1. The van der Waals surface area contributed by atoms with Gasteiger partial charge in [-0.05, 0) is 0 Å². The van der Waals surface area contributed by atoms with E-state index in [0.29, 0.717) is 0 Å². The van der Waals surface area contributed by atoms with Crippen LogP contribution in [0.3, 0.4) is 0 Å². The zero-order valence-electron chi connectivity index (χ0n) is 12.3. The molecule has 0 aliphatic rings. The van der Waals surface area contributed by atoms with Gasteiger partial charge in [0.05, 0.1) is 0 Å².